The molecular weight excluding hydrogens is 516 g/mol. The van der Waals surface area contributed by atoms with E-state index in [1.54, 1.807) is 37.3 Å². The number of nitro groups is 1. The lowest BCUT2D eigenvalue weighted by molar-refractivity contribution is -0.385. The van der Waals surface area contributed by atoms with Crippen LogP contribution in [-0.2, 0) is 20.7 Å². The molecule has 8 heteroatoms. The molecule has 1 aliphatic heterocycles. The summed E-state index contributed by atoms with van der Waals surface area (Å²) in [4.78, 5) is 38.8. The van der Waals surface area contributed by atoms with Crippen molar-refractivity contribution in [3.8, 4) is 0 Å². The van der Waals surface area contributed by atoms with Gasteiger partial charge in [-0.25, -0.2) is 4.79 Å². The largest absolute Gasteiger partial charge is 0.462 e. The van der Waals surface area contributed by atoms with Crippen LogP contribution in [0.4, 0.5) is 5.69 Å². The van der Waals surface area contributed by atoms with Crippen molar-refractivity contribution in [3.05, 3.63) is 133 Å². The summed E-state index contributed by atoms with van der Waals surface area (Å²) in [7, 11) is 0. The Bertz CT molecular complexity index is 1490. The molecule has 0 saturated carbocycles. The standard InChI is InChI=1S/C31H27ClN2O5/c1-19-28(31(36)39-16-15-20-7-3-2-4-8-20)29(24-9-5-6-10-26(24)34(37)38)30-25(33-19)17-22(18-27(30)35)21-11-13-23(32)14-12-21/h2-14,22,29,33H,15-18H2,1H3/t22-,29+/m1/s1. The Morgan fingerprint density at radius 3 is 2.44 bits per heavy atom. The summed E-state index contributed by atoms with van der Waals surface area (Å²) in [6.45, 7) is 1.89. The minimum absolute atomic E-state index is 0.0837. The number of benzene rings is 3. The minimum Gasteiger partial charge on any atom is -0.462 e. The quantitative estimate of drug-likeness (QED) is 0.211. The van der Waals surface area contributed by atoms with Crippen molar-refractivity contribution in [1.29, 1.82) is 0 Å². The van der Waals surface area contributed by atoms with Gasteiger partial charge in [0.05, 0.1) is 23.0 Å². The van der Waals surface area contributed by atoms with Crippen LogP contribution in [0.2, 0.25) is 5.02 Å². The monoisotopic (exact) mass is 542 g/mol. The van der Waals surface area contributed by atoms with Gasteiger partial charge in [0.15, 0.2) is 5.78 Å². The normalized spacial score (nSPS) is 18.9. The van der Waals surface area contributed by atoms with Gasteiger partial charge in [-0.15, -0.1) is 0 Å². The predicted molar refractivity (Wildman–Crippen MR) is 148 cm³/mol. The first-order valence-corrected chi connectivity index (χ1v) is 13.1. The van der Waals surface area contributed by atoms with Crippen LogP contribution in [0.15, 0.2) is 101 Å². The van der Waals surface area contributed by atoms with Crippen LogP contribution in [0.1, 0.15) is 48.3 Å². The van der Waals surface area contributed by atoms with E-state index in [1.165, 1.54) is 6.07 Å². The Morgan fingerprint density at radius 2 is 1.72 bits per heavy atom. The van der Waals surface area contributed by atoms with Crippen LogP contribution in [0.5, 0.6) is 0 Å². The smallest absolute Gasteiger partial charge is 0.336 e. The molecule has 0 aromatic heterocycles. The number of Topliss-reactive ketones (excluding diaryl/α,β-unsaturated/α-hetero) is 1. The molecule has 1 heterocycles. The van der Waals surface area contributed by atoms with E-state index >= 15 is 0 Å². The number of halogens is 1. The fourth-order valence-electron chi connectivity index (χ4n) is 5.47. The van der Waals surface area contributed by atoms with E-state index < -0.39 is 16.8 Å². The molecule has 0 bridgehead atoms. The van der Waals surface area contributed by atoms with Crippen LogP contribution in [-0.4, -0.2) is 23.3 Å². The molecule has 3 aromatic carbocycles. The van der Waals surface area contributed by atoms with Crippen molar-refractivity contribution in [2.24, 2.45) is 0 Å². The summed E-state index contributed by atoms with van der Waals surface area (Å²) in [6.07, 6.45) is 1.26. The van der Waals surface area contributed by atoms with Gasteiger partial charge < -0.3 is 10.1 Å². The van der Waals surface area contributed by atoms with Crippen LogP contribution >= 0.6 is 11.6 Å². The highest BCUT2D eigenvalue weighted by atomic mass is 35.5. The van der Waals surface area contributed by atoms with Crippen molar-refractivity contribution in [3.63, 3.8) is 0 Å². The zero-order chi connectivity index (χ0) is 27.5. The van der Waals surface area contributed by atoms with E-state index in [-0.39, 0.29) is 36.0 Å². The fraction of sp³-hybridized carbons (Fsp3) is 0.226. The number of nitrogens with one attached hydrogen (secondary N) is 1. The minimum atomic E-state index is -0.911. The van der Waals surface area contributed by atoms with Crippen LogP contribution < -0.4 is 5.32 Å². The van der Waals surface area contributed by atoms with Gasteiger partial charge in [0.25, 0.3) is 5.69 Å². The number of rotatable bonds is 7. The SMILES string of the molecule is CC1=C(C(=O)OCCc2ccccc2)[C@H](c2ccccc2[N+](=O)[O-])C2=C(C[C@@H](c3ccc(Cl)cc3)CC2=O)N1. The molecule has 1 N–H and O–H groups in total. The maximum Gasteiger partial charge on any atom is 0.336 e. The number of carbonyl (C=O) groups is 2. The highest BCUT2D eigenvalue weighted by Crippen LogP contribution is 2.47. The molecule has 0 spiro atoms. The zero-order valence-corrected chi connectivity index (χ0v) is 22.1. The number of nitrogens with zero attached hydrogens (tertiary/aromatic N) is 1. The van der Waals surface area contributed by atoms with Gasteiger partial charge in [-0.2, -0.15) is 0 Å². The summed E-state index contributed by atoms with van der Waals surface area (Å²) < 4.78 is 5.67. The molecule has 1 aliphatic carbocycles. The molecule has 2 atom stereocenters. The Labute approximate surface area is 231 Å². The predicted octanol–water partition coefficient (Wildman–Crippen LogP) is 6.40. The van der Waals surface area contributed by atoms with E-state index in [9.17, 15) is 19.7 Å². The first-order chi connectivity index (χ1) is 18.8. The number of esters is 1. The lowest BCUT2D eigenvalue weighted by Gasteiger charge is -2.36. The number of para-hydroxylation sites is 1. The highest BCUT2D eigenvalue weighted by Gasteiger charge is 2.43. The second-order valence-electron chi connectivity index (χ2n) is 9.76. The number of allylic oxidation sites excluding steroid dienone is 3. The Hall–Kier alpha value is -4.23. The van der Waals surface area contributed by atoms with Gasteiger partial charge >= 0.3 is 5.97 Å². The lowest BCUT2D eigenvalue weighted by atomic mass is 9.71. The summed E-state index contributed by atoms with van der Waals surface area (Å²) >= 11 is 6.06. The second-order valence-corrected chi connectivity index (χ2v) is 10.2. The van der Waals surface area contributed by atoms with Crippen molar-refractivity contribution in [1.82, 2.24) is 5.32 Å². The van der Waals surface area contributed by atoms with Gasteiger partial charge in [-0.3, -0.25) is 14.9 Å². The Kier molecular flexibility index (Phi) is 7.61. The maximum absolute atomic E-state index is 13.7. The molecule has 5 rings (SSSR count). The fourth-order valence-corrected chi connectivity index (χ4v) is 5.60. The number of carbonyl (C=O) groups excluding carboxylic acids is 2. The number of ether oxygens (including phenoxy) is 1. The van der Waals surface area contributed by atoms with Gasteiger partial charge in [0.2, 0.25) is 0 Å². The van der Waals surface area contributed by atoms with Crippen LogP contribution in [0.25, 0.3) is 0 Å². The van der Waals surface area contributed by atoms with Gasteiger partial charge in [-0.1, -0.05) is 72.3 Å². The summed E-state index contributed by atoms with van der Waals surface area (Å²) in [5, 5.41) is 15.9. The number of hydrogen-bond donors (Lipinski definition) is 1. The molecule has 3 aromatic rings. The van der Waals surface area contributed by atoms with E-state index in [0.29, 0.717) is 40.4 Å². The molecule has 0 radical (unpaired) electrons. The number of nitro benzene ring substituents is 1. The molecule has 7 nitrogen and oxygen atoms in total. The van der Waals surface area contributed by atoms with Gasteiger partial charge in [0.1, 0.15) is 0 Å². The number of ketones is 1. The molecule has 39 heavy (non-hydrogen) atoms. The van der Waals surface area contributed by atoms with Crippen LogP contribution in [0, 0.1) is 10.1 Å². The van der Waals surface area contributed by atoms with Crippen molar-refractivity contribution in [2.75, 3.05) is 6.61 Å². The third-order valence-corrected chi connectivity index (χ3v) is 7.55. The molecule has 0 unspecified atom stereocenters. The highest BCUT2D eigenvalue weighted by molar-refractivity contribution is 6.30. The van der Waals surface area contributed by atoms with Crippen molar-refractivity contribution in [2.45, 2.75) is 38.0 Å². The molecule has 0 amide bonds. The number of hydrogen-bond acceptors (Lipinski definition) is 6. The average molecular weight is 543 g/mol. The average Bonchev–Trinajstić information content (AvgIpc) is 2.93. The zero-order valence-electron chi connectivity index (χ0n) is 21.4. The third kappa shape index (κ3) is 5.49. The molecule has 0 fully saturated rings. The van der Waals surface area contributed by atoms with E-state index in [0.717, 1.165) is 11.1 Å². The van der Waals surface area contributed by atoms with E-state index in [2.05, 4.69) is 5.32 Å². The van der Waals surface area contributed by atoms with Gasteiger partial charge in [-0.05, 0) is 42.5 Å². The molecule has 2 aliphatic rings. The Balaban J connectivity index is 1.52. The summed E-state index contributed by atoms with van der Waals surface area (Å²) in [5.74, 6) is -1.75. The second kappa shape index (κ2) is 11.3. The Morgan fingerprint density at radius 1 is 1.03 bits per heavy atom. The van der Waals surface area contributed by atoms with Crippen molar-refractivity contribution < 1.29 is 19.2 Å². The first-order valence-electron chi connectivity index (χ1n) is 12.8. The van der Waals surface area contributed by atoms with Gasteiger partial charge in [0, 0.05) is 46.5 Å². The van der Waals surface area contributed by atoms with Crippen molar-refractivity contribution >= 4 is 29.0 Å². The lowest BCUT2D eigenvalue weighted by Crippen LogP contribution is -2.36. The maximum atomic E-state index is 13.7. The molecular formula is C31H27ClN2O5. The van der Waals surface area contributed by atoms with Crippen LogP contribution in [0.3, 0.4) is 0 Å². The third-order valence-electron chi connectivity index (χ3n) is 7.30. The molecule has 0 saturated heterocycles. The summed E-state index contributed by atoms with van der Waals surface area (Å²) in [6, 6.07) is 23.3. The van der Waals surface area contributed by atoms with E-state index in [4.69, 9.17) is 16.3 Å². The summed E-state index contributed by atoms with van der Waals surface area (Å²) in [5.41, 5.74) is 3.95. The first kappa shape index (κ1) is 26.4. The number of dihydropyridines is 1. The van der Waals surface area contributed by atoms with E-state index in [1.807, 2.05) is 42.5 Å². The molecule has 198 valence electrons. The topological polar surface area (TPSA) is 98.5 Å².